The predicted molar refractivity (Wildman–Crippen MR) is 52.7 cm³/mol. The van der Waals surface area contributed by atoms with Gasteiger partial charge in [0, 0.05) is 18.6 Å². The average Bonchev–Trinajstić information content (AvgIpc) is 2.17. The summed E-state index contributed by atoms with van der Waals surface area (Å²) in [6.45, 7) is 0.0451. The molecule has 16 heavy (non-hydrogen) atoms. The summed E-state index contributed by atoms with van der Waals surface area (Å²) in [4.78, 5) is 20.8. The molecule has 0 heterocycles. The Bertz CT molecular complexity index is 447. The summed E-state index contributed by atoms with van der Waals surface area (Å²) in [6, 6.07) is 1.25. The summed E-state index contributed by atoms with van der Waals surface area (Å²) in [7, 11) is 0. The zero-order valence-corrected chi connectivity index (χ0v) is 8.14. The quantitative estimate of drug-likeness (QED) is 0.453. The first-order chi connectivity index (χ1) is 7.47. The minimum Gasteiger partial charge on any atom is -0.507 e. The van der Waals surface area contributed by atoms with E-state index in [0.29, 0.717) is 12.1 Å². The highest BCUT2D eigenvalue weighted by Gasteiger charge is 2.21. The van der Waals surface area contributed by atoms with E-state index in [9.17, 15) is 24.4 Å². The highest BCUT2D eigenvalue weighted by atomic mass is 19.1. The number of phenols is 1. The number of benzene rings is 1. The molecule has 0 aliphatic heterocycles. The van der Waals surface area contributed by atoms with Crippen LogP contribution in [-0.2, 0) is 0 Å². The Hall–Kier alpha value is -2.02. The molecule has 0 saturated carbocycles. The van der Waals surface area contributed by atoms with Gasteiger partial charge in [-0.1, -0.05) is 0 Å². The molecule has 0 atom stereocenters. The molecule has 0 aliphatic rings. The topological polar surface area (TPSA) is 106 Å². The third kappa shape index (κ3) is 2.31. The lowest BCUT2D eigenvalue weighted by Gasteiger charge is -2.03. The van der Waals surface area contributed by atoms with Gasteiger partial charge in [-0.25, -0.2) is 0 Å². The molecule has 0 fully saturated rings. The zero-order chi connectivity index (χ0) is 12.3. The van der Waals surface area contributed by atoms with E-state index in [1.165, 1.54) is 0 Å². The van der Waals surface area contributed by atoms with Crippen LogP contribution in [0.3, 0.4) is 0 Å². The Morgan fingerprint density at radius 1 is 1.56 bits per heavy atom. The molecule has 0 saturated heterocycles. The van der Waals surface area contributed by atoms with E-state index in [-0.39, 0.29) is 18.5 Å². The van der Waals surface area contributed by atoms with Crippen LogP contribution in [-0.4, -0.2) is 22.4 Å². The van der Waals surface area contributed by atoms with Crippen molar-refractivity contribution in [2.45, 2.75) is 6.42 Å². The molecule has 7 heteroatoms. The number of hydrogen-bond acceptors (Lipinski definition) is 5. The van der Waals surface area contributed by atoms with E-state index in [4.69, 9.17) is 5.73 Å². The van der Waals surface area contributed by atoms with Gasteiger partial charge in [-0.15, -0.1) is 0 Å². The second-order valence-electron chi connectivity index (χ2n) is 3.04. The SMILES string of the molecule is NCCC(=O)c1cc([N+](=O)[O-])c(F)cc1O. The number of nitrogens with zero attached hydrogens (tertiary/aromatic N) is 1. The lowest BCUT2D eigenvalue weighted by atomic mass is 10.1. The van der Waals surface area contributed by atoms with Gasteiger partial charge in [-0.3, -0.25) is 14.9 Å². The molecule has 3 N–H and O–H groups in total. The Labute approximate surface area is 89.6 Å². The van der Waals surface area contributed by atoms with Crippen LogP contribution >= 0.6 is 0 Å². The first-order valence-corrected chi connectivity index (χ1v) is 4.37. The van der Waals surface area contributed by atoms with Gasteiger partial charge in [0.15, 0.2) is 5.78 Å². The molecule has 6 nitrogen and oxygen atoms in total. The molecule has 1 aromatic carbocycles. The van der Waals surface area contributed by atoms with Gasteiger partial charge in [-0.05, 0) is 6.54 Å². The summed E-state index contributed by atoms with van der Waals surface area (Å²) < 4.78 is 13.0. The van der Waals surface area contributed by atoms with Crippen LogP contribution in [0.2, 0.25) is 0 Å². The fourth-order valence-corrected chi connectivity index (χ4v) is 1.18. The summed E-state index contributed by atoms with van der Waals surface area (Å²) in [5.41, 5.74) is 3.99. The molecule has 86 valence electrons. The van der Waals surface area contributed by atoms with E-state index < -0.39 is 28.0 Å². The highest BCUT2D eigenvalue weighted by Crippen LogP contribution is 2.27. The molecular weight excluding hydrogens is 219 g/mol. The van der Waals surface area contributed by atoms with Crippen LogP contribution in [0.1, 0.15) is 16.8 Å². The number of rotatable bonds is 4. The lowest BCUT2D eigenvalue weighted by Crippen LogP contribution is -2.09. The Kier molecular flexibility index (Phi) is 3.51. The Morgan fingerprint density at radius 3 is 2.69 bits per heavy atom. The number of carbonyl (C=O) groups is 1. The van der Waals surface area contributed by atoms with Crippen molar-refractivity contribution in [1.29, 1.82) is 0 Å². The van der Waals surface area contributed by atoms with Crippen LogP contribution in [0.25, 0.3) is 0 Å². The number of nitro groups is 1. The van der Waals surface area contributed by atoms with Crippen molar-refractivity contribution in [2.75, 3.05) is 6.54 Å². The number of ketones is 1. The second kappa shape index (κ2) is 4.67. The van der Waals surface area contributed by atoms with E-state index in [0.717, 1.165) is 0 Å². The van der Waals surface area contributed by atoms with Crippen LogP contribution < -0.4 is 5.73 Å². The first-order valence-electron chi connectivity index (χ1n) is 4.37. The monoisotopic (exact) mass is 228 g/mol. The summed E-state index contributed by atoms with van der Waals surface area (Å²) in [6.07, 6.45) is -0.0731. The van der Waals surface area contributed by atoms with Crippen molar-refractivity contribution >= 4 is 11.5 Å². The van der Waals surface area contributed by atoms with E-state index in [2.05, 4.69) is 0 Å². The van der Waals surface area contributed by atoms with Crippen molar-refractivity contribution in [3.05, 3.63) is 33.6 Å². The summed E-state index contributed by atoms with van der Waals surface area (Å²) in [5.74, 6) is -2.38. The maximum atomic E-state index is 13.0. The molecule has 1 aromatic rings. The maximum absolute atomic E-state index is 13.0. The Balaban J connectivity index is 3.24. The largest absolute Gasteiger partial charge is 0.507 e. The maximum Gasteiger partial charge on any atom is 0.305 e. The standard InChI is InChI=1S/C9H9FN2O4/c10-6-4-9(14)5(8(13)1-2-11)3-7(6)12(15)16/h3-4,14H,1-2,11H2. The van der Waals surface area contributed by atoms with Gasteiger partial charge in [0.05, 0.1) is 10.5 Å². The fourth-order valence-electron chi connectivity index (χ4n) is 1.18. The Morgan fingerprint density at radius 2 is 2.19 bits per heavy atom. The molecular formula is C9H9FN2O4. The number of carbonyl (C=O) groups excluding carboxylic acids is 1. The van der Waals surface area contributed by atoms with Crippen molar-refractivity contribution in [1.82, 2.24) is 0 Å². The van der Waals surface area contributed by atoms with Gasteiger partial charge in [0.1, 0.15) is 5.75 Å². The molecule has 0 radical (unpaired) electrons. The molecule has 0 bridgehead atoms. The first kappa shape index (κ1) is 12.1. The molecule has 1 rings (SSSR count). The number of nitro benzene ring substituents is 1. The van der Waals surface area contributed by atoms with Crippen LogP contribution in [0, 0.1) is 15.9 Å². The number of halogens is 1. The van der Waals surface area contributed by atoms with Gasteiger partial charge in [-0.2, -0.15) is 4.39 Å². The lowest BCUT2D eigenvalue weighted by molar-refractivity contribution is -0.387. The zero-order valence-electron chi connectivity index (χ0n) is 8.14. The third-order valence-electron chi connectivity index (χ3n) is 1.93. The van der Waals surface area contributed by atoms with E-state index in [1.807, 2.05) is 0 Å². The summed E-state index contributed by atoms with van der Waals surface area (Å²) >= 11 is 0. The molecule has 0 spiro atoms. The minimum absolute atomic E-state index is 0.0451. The van der Waals surface area contributed by atoms with Gasteiger partial charge >= 0.3 is 5.69 Å². The molecule has 0 amide bonds. The number of phenolic OH excluding ortho intramolecular Hbond substituents is 1. The second-order valence-corrected chi connectivity index (χ2v) is 3.04. The van der Waals surface area contributed by atoms with Crippen LogP contribution in [0.15, 0.2) is 12.1 Å². The number of Topliss-reactive ketones (excluding diaryl/α,β-unsaturated/α-hetero) is 1. The van der Waals surface area contributed by atoms with E-state index in [1.54, 1.807) is 0 Å². The van der Waals surface area contributed by atoms with Crippen LogP contribution in [0.5, 0.6) is 5.75 Å². The summed E-state index contributed by atoms with van der Waals surface area (Å²) in [5, 5.41) is 19.7. The van der Waals surface area contributed by atoms with Gasteiger partial charge < -0.3 is 10.8 Å². The average molecular weight is 228 g/mol. The van der Waals surface area contributed by atoms with Crippen molar-refractivity contribution < 1.29 is 19.2 Å². The smallest absolute Gasteiger partial charge is 0.305 e. The third-order valence-corrected chi connectivity index (χ3v) is 1.93. The number of hydrogen-bond donors (Lipinski definition) is 2. The minimum atomic E-state index is -1.19. The van der Waals surface area contributed by atoms with Crippen LogP contribution in [0.4, 0.5) is 10.1 Å². The molecule has 0 aromatic heterocycles. The normalized spacial score (nSPS) is 10.1. The van der Waals surface area contributed by atoms with Gasteiger partial charge in [0.2, 0.25) is 5.82 Å². The van der Waals surface area contributed by atoms with E-state index >= 15 is 0 Å². The number of nitrogens with two attached hydrogens (primary N) is 1. The fraction of sp³-hybridized carbons (Fsp3) is 0.222. The highest BCUT2D eigenvalue weighted by molar-refractivity contribution is 5.99. The number of aromatic hydroxyl groups is 1. The predicted octanol–water partition coefficient (Wildman–Crippen LogP) is 0.971. The van der Waals surface area contributed by atoms with Crippen molar-refractivity contribution in [3.8, 4) is 5.75 Å². The molecule has 0 unspecified atom stereocenters. The van der Waals surface area contributed by atoms with Crippen molar-refractivity contribution in [3.63, 3.8) is 0 Å². The van der Waals surface area contributed by atoms with Gasteiger partial charge in [0.25, 0.3) is 0 Å². The van der Waals surface area contributed by atoms with Crippen molar-refractivity contribution in [2.24, 2.45) is 5.73 Å². The molecule has 0 aliphatic carbocycles.